The van der Waals surface area contributed by atoms with Gasteiger partial charge in [0, 0.05) is 36.5 Å². The summed E-state index contributed by atoms with van der Waals surface area (Å²) in [6.45, 7) is 2.70. The number of aliphatic hydroxyl groups is 1. The predicted molar refractivity (Wildman–Crippen MR) is 67.1 cm³/mol. The Labute approximate surface area is 102 Å². The fourth-order valence-corrected chi connectivity index (χ4v) is 1.81. The first-order valence-electron chi connectivity index (χ1n) is 5.21. The minimum atomic E-state index is -0.0140. The van der Waals surface area contributed by atoms with E-state index in [4.69, 9.17) is 16.3 Å². The lowest BCUT2D eigenvalue weighted by atomic mass is 10.1. The molecule has 4 heteroatoms. The van der Waals surface area contributed by atoms with Crippen molar-refractivity contribution in [3.8, 4) is 0 Å². The molecular formula is C12H18ClNO2. The standard InChI is InChI=1S/C12H18ClNO2/c1-9(8-16-3)14(2)12-5-4-11(13)6-10(12)7-15/h4-6,9,15H,7-8H2,1-3H3. The van der Waals surface area contributed by atoms with Gasteiger partial charge < -0.3 is 14.7 Å². The zero-order valence-corrected chi connectivity index (χ0v) is 10.7. The van der Waals surface area contributed by atoms with Crippen molar-refractivity contribution in [2.45, 2.75) is 19.6 Å². The Morgan fingerprint density at radius 1 is 1.50 bits per heavy atom. The van der Waals surface area contributed by atoms with Gasteiger partial charge >= 0.3 is 0 Å². The molecule has 1 aromatic rings. The first-order chi connectivity index (χ1) is 7.60. The van der Waals surface area contributed by atoms with E-state index >= 15 is 0 Å². The third-order valence-corrected chi connectivity index (χ3v) is 2.90. The van der Waals surface area contributed by atoms with E-state index in [-0.39, 0.29) is 12.6 Å². The molecule has 0 bridgehead atoms. The molecule has 0 aromatic heterocycles. The van der Waals surface area contributed by atoms with Gasteiger partial charge in [-0.25, -0.2) is 0 Å². The SMILES string of the molecule is COCC(C)N(C)c1ccc(Cl)cc1CO. The van der Waals surface area contributed by atoms with E-state index in [0.717, 1.165) is 11.3 Å². The van der Waals surface area contributed by atoms with Crippen LogP contribution in [0.5, 0.6) is 0 Å². The zero-order chi connectivity index (χ0) is 12.1. The minimum absolute atomic E-state index is 0.0140. The molecule has 1 N–H and O–H groups in total. The molecule has 0 fully saturated rings. The van der Waals surface area contributed by atoms with Gasteiger partial charge in [-0.3, -0.25) is 0 Å². The molecule has 0 amide bonds. The lowest BCUT2D eigenvalue weighted by Crippen LogP contribution is -2.33. The lowest BCUT2D eigenvalue weighted by Gasteiger charge is -2.28. The number of rotatable bonds is 5. The number of likely N-dealkylation sites (N-methyl/N-ethyl adjacent to an activating group) is 1. The van der Waals surface area contributed by atoms with Crippen molar-refractivity contribution in [2.75, 3.05) is 25.7 Å². The molecule has 16 heavy (non-hydrogen) atoms. The van der Waals surface area contributed by atoms with Crippen LogP contribution in [0.1, 0.15) is 12.5 Å². The first-order valence-corrected chi connectivity index (χ1v) is 5.59. The highest BCUT2D eigenvalue weighted by Crippen LogP contribution is 2.25. The molecule has 90 valence electrons. The van der Waals surface area contributed by atoms with Gasteiger partial charge in [0.15, 0.2) is 0 Å². The molecule has 0 aliphatic carbocycles. The third-order valence-electron chi connectivity index (χ3n) is 2.66. The number of methoxy groups -OCH3 is 1. The van der Waals surface area contributed by atoms with Crippen LogP contribution in [0, 0.1) is 0 Å². The van der Waals surface area contributed by atoms with Crippen molar-refractivity contribution in [3.05, 3.63) is 28.8 Å². The monoisotopic (exact) mass is 243 g/mol. The van der Waals surface area contributed by atoms with Crippen LogP contribution in [0.25, 0.3) is 0 Å². The van der Waals surface area contributed by atoms with E-state index in [9.17, 15) is 5.11 Å². The molecule has 1 rings (SSSR count). The molecular weight excluding hydrogens is 226 g/mol. The highest BCUT2D eigenvalue weighted by atomic mass is 35.5. The Morgan fingerprint density at radius 3 is 2.75 bits per heavy atom. The summed E-state index contributed by atoms with van der Waals surface area (Å²) < 4.78 is 5.11. The Bertz CT molecular complexity index is 344. The quantitative estimate of drug-likeness (QED) is 0.862. The fourth-order valence-electron chi connectivity index (χ4n) is 1.62. The van der Waals surface area contributed by atoms with Gasteiger partial charge in [0.2, 0.25) is 0 Å². The molecule has 0 saturated carbocycles. The summed E-state index contributed by atoms with van der Waals surface area (Å²) in [7, 11) is 3.66. The maximum atomic E-state index is 9.29. The Kier molecular flexibility index (Phi) is 5.06. The van der Waals surface area contributed by atoms with Crippen molar-refractivity contribution < 1.29 is 9.84 Å². The highest BCUT2D eigenvalue weighted by molar-refractivity contribution is 6.30. The maximum Gasteiger partial charge on any atom is 0.0702 e. The predicted octanol–water partition coefficient (Wildman–Crippen LogP) is 2.30. The lowest BCUT2D eigenvalue weighted by molar-refractivity contribution is 0.183. The van der Waals surface area contributed by atoms with Gasteiger partial charge in [-0.05, 0) is 25.1 Å². The molecule has 1 unspecified atom stereocenters. The van der Waals surface area contributed by atoms with Gasteiger partial charge in [-0.1, -0.05) is 11.6 Å². The summed E-state index contributed by atoms with van der Waals surface area (Å²) in [5, 5.41) is 9.93. The third kappa shape index (κ3) is 3.11. The number of hydrogen-bond acceptors (Lipinski definition) is 3. The van der Waals surface area contributed by atoms with Crippen LogP contribution in [0.3, 0.4) is 0 Å². The average Bonchev–Trinajstić information content (AvgIpc) is 2.28. The van der Waals surface area contributed by atoms with Crippen molar-refractivity contribution in [2.24, 2.45) is 0 Å². The maximum absolute atomic E-state index is 9.29. The van der Waals surface area contributed by atoms with Crippen LogP contribution in [0.2, 0.25) is 5.02 Å². The summed E-state index contributed by atoms with van der Waals surface area (Å²) in [6.07, 6.45) is 0. The number of halogens is 1. The van der Waals surface area contributed by atoms with Crippen molar-refractivity contribution >= 4 is 17.3 Å². The Hall–Kier alpha value is -0.770. The zero-order valence-electron chi connectivity index (χ0n) is 9.90. The molecule has 0 radical (unpaired) electrons. The van der Waals surface area contributed by atoms with E-state index in [1.807, 2.05) is 19.2 Å². The van der Waals surface area contributed by atoms with Gasteiger partial charge in [0.1, 0.15) is 0 Å². The summed E-state index contributed by atoms with van der Waals surface area (Å²) in [6, 6.07) is 5.77. The van der Waals surface area contributed by atoms with Crippen molar-refractivity contribution in [1.82, 2.24) is 0 Å². The van der Waals surface area contributed by atoms with Crippen LogP contribution >= 0.6 is 11.6 Å². The van der Waals surface area contributed by atoms with Crippen LogP contribution in [-0.2, 0) is 11.3 Å². The highest BCUT2D eigenvalue weighted by Gasteiger charge is 2.13. The van der Waals surface area contributed by atoms with Crippen LogP contribution < -0.4 is 4.90 Å². The van der Waals surface area contributed by atoms with Crippen LogP contribution in [0.4, 0.5) is 5.69 Å². The van der Waals surface area contributed by atoms with Gasteiger partial charge in [0.05, 0.1) is 13.2 Å². The second-order valence-corrected chi connectivity index (χ2v) is 4.28. The summed E-state index contributed by atoms with van der Waals surface area (Å²) >= 11 is 5.89. The summed E-state index contributed by atoms with van der Waals surface area (Å²) in [5.74, 6) is 0. The number of benzene rings is 1. The molecule has 3 nitrogen and oxygen atoms in total. The molecule has 0 spiro atoms. The van der Waals surface area contributed by atoms with Gasteiger partial charge in [0.25, 0.3) is 0 Å². The molecule has 0 saturated heterocycles. The molecule has 0 heterocycles. The first kappa shape index (κ1) is 13.3. The Balaban J connectivity index is 2.93. The minimum Gasteiger partial charge on any atom is -0.392 e. The molecule has 0 aliphatic rings. The number of hydrogen-bond donors (Lipinski definition) is 1. The fraction of sp³-hybridized carbons (Fsp3) is 0.500. The second kappa shape index (κ2) is 6.09. The molecule has 1 aromatic carbocycles. The smallest absolute Gasteiger partial charge is 0.0702 e. The van der Waals surface area contributed by atoms with Gasteiger partial charge in [-0.2, -0.15) is 0 Å². The van der Waals surface area contributed by atoms with E-state index < -0.39 is 0 Å². The largest absolute Gasteiger partial charge is 0.392 e. The van der Waals surface area contributed by atoms with E-state index in [0.29, 0.717) is 11.6 Å². The second-order valence-electron chi connectivity index (χ2n) is 3.85. The number of ether oxygens (including phenoxy) is 1. The summed E-state index contributed by atoms with van der Waals surface area (Å²) in [4.78, 5) is 2.07. The normalized spacial score (nSPS) is 12.6. The number of aliphatic hydroxyl groups excluding tert-OH is 1. The molecule has 1 atom stereocenters. The summed E-state index contributed by atoms with van der Waals surface area (Å²) in [5.41, 5.74) is 1.81. The van der Waals surface area contributed by atoms with E-state index in [1.165, 1.54) is 0 Å². The number of anilines is 1. The van der Waals surface area contributed by atoms with Crippen LogP contribution in [0.15, 0.2) is 18.2 Å². The van der Waals surface area contributed by atoms with Crippen molar-refractivity contribution in [1.29, 1.82) is 0 Å². The molecule has 0 aliphatic heterocycles. The average molecular weight is 244 g/mol. The van der Waals surface area contributed by atoms with E-state index in [1.54, 1.807) is 13.2 Å². The van der Waals surface area contributed by atoms with E-state index in [2.05, 4.69) is 11.8 Å². The number of nitrogens with zero attached hydrogens (tertiary/aromatic N) is 1. The topological polar surface area (TPSA) is 32.7 Å². The van der Waals surface area contributed by atoms with Crippen molar-refractivity contribution in [3.63, 3.8) is 0 Å². The van der Waals surface area contributed by atoms with Crippen LogP contribution in [-0.4, -0.2) is 31.9 Å². The Morgan fingerprint density at radius 2 is 2.19 bits per heavy atom. The van der Waals surface area contributed by atoms with Gasteiger partial charge in [-0.15, -0.1) is 0 Å².